The molecular weight excluding hydrogens is 324 g/mol. The van der Waals surface area contributed by atoms with Crippen molar-refractivity contribution < 1.29 is 9.59 Å². The van der Waals surface area contributed by atoms with E-state index in [1.807, 2.05) is 9.80 Å². The number of carbonyl (C=O) groups excluding carboxylic acids is 2. The highest BCUT2D eigenvalue weighted by molar-refractivity contribution is 6.30. The van der Waals surface area contributed by atoms with Gasteiger partial charge in [0.15, 0.2) is 0 Å². The molecule has 2 saturated heterocycles. The number of likely N-dealkylation sites (tertiary alicyclic amines) is 2. The van der Waals surface area contributed by atoms with Crippen LogP contribution in [0, 0.1) is 11.8 Å². The van der Waals surface area contributed by atoms with Gasteiger partial charge in [-0.3, -0.25) is 9.59 Å². The second-order valence-electron chi connectivity index (χ2n) is 7.11. The highest BCUT2D eigenvalue weighted by Crippen LogP contribution is 2.24. The lowest BCUT2D eigenvalue weighted by molar-refractivity contribution is -0.138. The molecule has 1 aromatic carbocycles. The number of benzene rings is 1. The minimum Gasteiger partial charge on any atom is -0.342 e. The van der Waals surface area contributed by atoms with Crippen molar-refractivity contribution in [3.8, 4) is 0 Å². The molecular formula is C19H25ClN2O2. The van der Waals surface area contributed by atoms with Crippen LogP contribution in [0.5, 0.6) is 0 Å². The van der Waals surface area contributed by atoms with Gasteiger partial charge in [0.05, 0.1) is 0 Å². The van der Waals surface area contributed by atoms with E-state index < -0.39 is 0 Å². The standard InChI is InChI=1S/C19H25ClN2O2/c1-14-4-3-9-22(13-14)18(23)15-7-10-21(11-8-15)19(24)16-5-2-6-17(20)12-16/h2,5-6,12,14-15H,3-4,7-11,13H2,1H3/t14-/m0/s1. The molecule has 2 fully saturated rings. The fraction of sp³-hybridized carbons (Fsp3) is 0.579. The Labute approximate surface area is 148 Å². The number of amides is 2. The molecule has 0 radical (unpaired) electrons. The first-order valence-electron chi connectivity index (χ1n) is 8.88. The SMILES string of the molecule is C[C@H]1CCCN(C(=O)C2CCN(C(=O)c3cccc(Cl)c3)CC2)C1. The quantitative estimate of drug-likeness (QED) is 0.821. The van der Waals surface area contributed by atoms with Crippen LogP contribution < -0.4 is 0 Å². The Hall–Kier alpha value is -1.55. The van der Waals surface area contributed by atoms with Gasteiger partial charge in [-0.2, -0.15) is 0 Å². The Morgan fingerprint density at radius 3 is 2.50 bits per heavy atom. The van der Waals surface area contributed by atoms with Crippen molar-refractivity contribution in [2.24, 2.45) is 11.8 Å². The van der Waals surface area contributed by atoms with Gasteiger partial charge in [-0.1, -0.05) is 24.6 Å². The minimum absolute atomic E-state index is 0.00925. The molecule has 2 aliphatic heterocycles. The number of halogens is 1. The monoisotopic (exact) mass is 348 g/mol. The van der Waals surface area contributed by atoms with Crippen molar-refractivity contribution in [2.45, 2.75) is 32.6 Å². The van der Waals surface area contributed by atoms with E-state index in [1.165, 1.54) is 6.42 Å². The van der Waals surface area contributed by atoms with E-state index in [2.05, 4.69) is 6.92 Å². The van der Waals surface area contributed by atoms with E-state index in [9.17, 15) is 9.59 Å². The average Bonchev–Trinajstić information content (AvgIpc) is 2.60. The van der Waals surface area contributed by atoms with Crippen LogP contribution in [0.15, 0.2) is 24.3 Å². The van der Waals surface area contributed by atoms with Crippen LogP contribution in [0.4, 0.5) is 0 Å². The number of carbonyl (C=O) groups is 2. The second kappa shape index (κ2) is 7.56. The zero-order valence-corrected chi connectivity index (χ0v) is 15.0. The predicted octanol–water partition coefficient (Wildman–Crippen LogP) is 3.45. The van der Waals surface area contributed by atoms with Gasteiger partial charge in [-0.25, -0.2) is 0 Å². The van der Waals surface area contributed by atoms with Gasteiger partial charge in [0.2, 0.25) is 5.91 Å². The molecule has 2 aliphatic rings. The summed E-state index contributed by atoms with van der Waals surface area (Å²) in [5.41, 5.74) is 0.622. The van der Waals surface area contributed by atoms with Crippen LogP contribution >= 0.6 is 11.6 Å². The summed E-state index contributed by atoms with van der Waals surface area (Å²) in [5.74, 6) is 0.970. The number of hydrogen-bond donors (Lipinski definition) is 0. The maximum atomic E-state index is 12.7. The highest BCUT2D eigenvalue weighted by atomic mass is 35.5. The molecule has 4 nitrogen and oxygen atoms in total. The summed E-state index contributed by atoms with van der Waals surface area (Å²) < 4.78 is 0. The van der Waals surface area contributed by atoms with Gasteiger partial charge in [-0.05, 0) is 49.8 Å². The van der Waals surface area contributed by atoms with Crippen LogP contribution in [0.1, 0.15) is 43.0 Å². The van der Waals surface area contributed by atoms with E-state index >= 15 is 0 Å². The Kier molecular flexibility index (Phi) is 5.44. The lowest BCUT2D eigenvalue weighted by atomic mass is 9.92. The third kappa shape index (κ3) is 3.92. The first kappa shape index (κ1) is 17.3. The Bertz CT molecular complexity index is 611. The van der Waals surface area contributed by atoms with Crippen LogP contribution in [-0.2, 0) is 4.79 Å². The summed E-state index contributed by atoms with van der Waals surface area (Å²) in [6.45, 7) is 5.29. The highest BCUT2D eigenvalue weighted by Gasteiger charge is 2.32. The van der Waals surface area contributed by atoms with Crippen LogP contribution in [0.25, 0.3) is 0 Å². The summed E-state index contributed by atoms with van der Waals surface area (Å²) in [6.07, 6.45) is 3.85. The van der Waals surface area contributed by atoms with Crippen molar-refractivity contribution in [1.29, 1.82) is 0 Å². The Morgan fingerprint density at radius 1 is 1.08 bits per heavy atom. The van der Waals surface area contributed by atoms with E-state index in [-0.39, 0.29) is 17.7 Å². The van der Waals surface area contributed by atoms with Gasteiger partial charge < -0.3 is 9.80 Å². The van der Waals surface area contributed by atoms with Crippen molar-refractivity contribution in [2.75, 3.05) is 26.2 Å². The second-order valence-corrected chi connectivity index (χ2v) is 7.54. The first-order chi connectivity index (χ1) is 11.5. The molecule has 3 rings (SSSR count). The summed E-state index contributed by atoms with van der Waals surface area (Å²) in [5, 5.41) is 0.574. The number of piperidine rings is 2. The summed E-state index contributed by atoms with van der Waals surface area (Å²) in [7, 11) is 0. The Morgan fingerprint density at radius 2 is 1.83 bits per heavy atom. The topological polar surface area (TPSA) is 40.6 Å². The normalized spacial score (nSPS) is 22.5. The lowest BCUT2D eigenvalue weighted by Gasteiger charge is -2.37. The summed E-state index contributed by atoms with van der Waals surface area (Å²) in [6, 6.07) is 7.06. The molecule has 1 aromatic rings. The molecule has 2 amide bonds. The molecule has 0 unspecified atom stereocenters. The molecule has 1 atom stereocenters. The van der Waals surface area contributed by atoms with Crippen molar-refractivity contribution in [3.63, 3.8) is 0 Å². The third-order valence-electron chi connectivity index (χ3n) is 5.17. The molecule has 24 heavy (non-hydrogen) atoms. The number of rotatable bonds is 2. The molecule has 2 heterocycles. The van der Waals surface area contributed by atoms with Gasteiger partial charge in [-0.15, -0.1) is 0 Å². The van der Waals surface area contributed by atoms with Crippen molar-refractivity contribution in [1.82, 2.24) is 9.80 Å². The van der Waals surface area contributed by atoms with Gasteiger partial charge in [0.25, 0.3) is 5.91 Å². The molecule has 0 spiro atoms. The zero-order chi connectivity index (χ0) is 17.1. The average molecular weight is 349 g/mol. The van der Waals surface area contributed by atoms with Crippen LogP contribution in [0.2, 0.25) is 5.02 Å². The van der Waals surface area contributed by atoms with Gasteiger partial charge in [0, 0.05) is 42.7 Å². The van der Waals surface area contributed by atoms with E-state index in [0.29, 0.717) is 29.6 Å². The predicted molar refractivity (Wildman–Crippen MR) is 95.1 cm³/mol. The van der Waals surface area contributed by atoms with Crippen LogP contribution in [-0.4, -0.2) is 47.8 Å². The van der Waals surface area contributed by atoms with Crippen molar-refractivity contribution >= 4 is 23.4 Å². The first-order valence-corrected chi connectivity index (χ1v) is 9.26. The molecule has 0 saturated carbocycles. The molecule has 130 valence electrons. The third-order valence-corrected chi connectivity index (χ3v) is 5.41. The smallest absolute Gasteiger partial charge is 0.253 e. The fourth-order valence-electron chi connectivity index (χ4n) is 3.78. The summed E-state index contributed by atoms with van der Waals surface area (Å²) >= 11 is 5.97. The lowest BCUT2D eigenvalue weighted by Crippen LogP contribution is -2.47. The van der Waals surface area contributed by atoms with Crippen molar-refractivity contribution in [3.05, 3.63) is 34.9 Å². The van der Waals surface area contributed by atoms with Gasteiger partial charge >= 0.3 is 0 Å². The summed E-state index contributed by atoms with van der Waals surface area (Å²) in [4.78, 5) is 29.1. The maximum absolute atomic E-state index is 12.7. The van der Waals surface area contributed by atoms with Crippen LogP contribution in [0.3, 0.4) is 0 Å². The minimum atomic E-state index is 0.00925. The Balaban J connectivity index is 1.55. The molecule has 5 heteroatoms. The van der Waals surface area contributed by atoms with Gasteiger partial charge in [0.1, 0.15) is 0 Å². The number of nitrogens with zero attached hydrogens (tertiary/aromatic N) is 2. The molecule has 0 N–H and O–H groups in total. The molecule has 0 aromatic heterocycles. The zero-order valence-electron chi connectivity index (χ0n) is 14.2. The molecule has 0 bridgehead atoms. The molecule has 0 aliphatic carbocycles. The largest absolute Gasteiger partial charge is 0.342 e. The van der Waals surface area contributed by atoms with E-state index in [0.717, 1.165) is 32.4 Å². The fourth-order valence-corrected chi connectivity index (χ4v) is 3.97. The van der Waals surface area contributed by atoms with E-state index in [4.69, 9.17) is 11.6 Å². The van der Waals surface area contributed by atoms with E-state index in [1.54, 1.807) is 24.3 Å². The maximum Gasteiger partial charge on any atom is 0.253 e. The number of hydrogen-bond acceptors (Lipinski definition) is 2.